The minimum atomic E-state index is -0.0641. The number of benzene rings is 1. The van der Waals surface area contributed by atoms with Gasteiger partial charge in [-0.1, -0.05) is 19.1 Å². The van der Waals surface area contributed by atoms with E-state index in [1.165, 1.54) is 0 Å². The predicted molar refractivity (Wildman–Crippen MR) is 115 cm³/mol. The number of likely N-dealkylation sites (tertiary alicyclic amines) is 1. The summed E-state index contributed by atoms with van der Waals surface area (Å²) in [6, 6.07) is 15.2. The molecule has 1 saturated heterocycles. The molecule has 30 heavy (non-hydrogen) atoms. The van der Waals surface area contributed by atoms with Crippen molar-refractivity contribution in [3.05, 3.63) is 72.4 Å². The topological polar surface area (TPSA) is 67.6 Å². The lowest BCUT2D eigenvalue weighted by Crippen LogP contribution is -2.40. The molecule has 1 amide bonds. The van der Waals surface area contributed by atoms with Gasteiger partial charge in [0.15, 0.2) is 5.75 Å². The van der Waals surface area contributed by atoms with Crippen molar-refractivity contribution in [3.8, 4) is 11.5 Å². The van der Waals surface area contributed by atoms with Gasteiger partial charge in [0.2, 0.25) is 5.91 Å². The van der Waals surface area contributed by atoms with Gasteiger partial charge < -0.3 is 14.5 Å². The Morgan fingerprint density at radius 3 is 2.87 bits per heavy atom. The molecule has 1 aliphatic rings. The number of rotatable bonds is 7. The lowest BCUT2D eigenvalue weighted by molar-refractivity contribution is -0.121. The number of hydrogen-bond donors (Lipinski definition) is 1. The third-order valence-electron chi connectivity index (χ3n) is 5.33. The Balaban J connectivity index is 1.39. The Hall–Kier alpha value is -3.12. The highest BCUT2D eigenvalue weighted by Crippen LogP contribution is 2.30. The zero-order valence-corrected chi connectivity index (χ0v) is 17.2. The molecule has 3 aromatic rings. The maximum Gasteiger partial charge on any atom is 0.228 e. The number of nitrogens with one attached hydrogen (secondary N) is 1. The van der Waals surface area contributed by atoms with Crippen LogP contribution in [-0.4, -0.2) is 28.9 Å². The summed E-state index contributed by atoms with van der Waals surface area (Å²) in [5.74, 6) is 3.16. The van der Waals surface area contributed by atoms with E-state index in [9.17, 15) is 4.79 Å². The number of carbonyl (C=O) groups is 1. The number of ether oxygens (including phenoxy) is 1. The van der Waals surface area contributed by atoms with Crippen molar-refractivity contribution in [2.45, 2.75) is 32.7 Å². The summed E-state index contributed by atoms with van der Waals surface area (Å²) in [5, 5.41) is 3.06. The highest BCUT2D eigenvalue weighted by molar-refractivity contribution is 5.94. The van der Waals surface area contributed by atoms with E-state index < -0.39 is 0 Å². The van der Waals surface area contributed by atoms with Crippen LogP contribution < -0.4 is 10.1 Å². The summed E-state index contributed by atoms with van der Waals surface area (Å²) in [4.78, 5) is 19.4. The fourth-order valence-corrected chi connectivity index (χ4v) is 3.76. The Labute approximate surface area is 176 Å². The molecule has 2 aromatic heterocycles. The maximum absolute atomic E-state index is 13.0. The van der Waals surface area contributed by atoms with Gasteiger partial charge in [0.1, 0.15) is 17.3 Å². The van der Waals surface area contributed by atoms with E-state index in [0.29, 0.717) is 17.2 Å². The highest BCUT2D eigenvalue weighted by Gasteiger charge is 2.27. The van der Waals surface area contributed by atoms with E-state index in [2.05, 4.69) is 22.1 Å². The average Bonchev–Trinajstić information content (AvgIpc) is 3.23. The molecule has 1 aromatic carbocycles. The molecule has 0 unspecified atom stereocenters. The third-order valence-corrected chi connectivity index (χ3v) is 5.33. The quantitative estimate of drug-likeness (QED) is 0.607. The first-order valence-electron chi connectivity index (χ1n) is 10.5. The van der Waals surface area contributed by atoms with Crippen LogP contribution >= 0.6 is 0 Å². The zero-order chi connectivity index (χ0) is 20.8. The Kier molecular flexibility index (Phi) is 6.44. The largest absolute Gasteiger partial charge is 0.465 e. The standard InChI is InChI=1S/C24H27N3O3/c1-2-19-11-12-21(29-19)17-27-14-6-7-18(16-27)24(28)26-22-9-3-4-10-23(22)30-20-8-5-13-25-15-20/h3-5,8-13,15,18H,2,6-7,14,16-17H2,1H3,(H,26,28)/t18-/m1/s1. The van der Waals surface area contributed by atoms with Crippen molar-refractivity contribution < 1.29 is 13.9 Å². The summed E-state index contributed by atoms with van der Waals surface area (Å²) in [6.45, 7) is 4.52. The van der Waals surface area contributed by atoms with Crippen LogP contribution in [0.3, 0.4) is 0 Å². The van der Waals surface area contributed by atoms with Crippen LogP contribution in [0.15, 0.2) is 65.3 Å². The summed E-state index contributed by atoms with van der Waals surface area (Å²) >= 11 is 0. The number of aryl methyl sites for hydroxylation is 1. The molecule has 1 N–H and O–H groups in total. The maximum atomic E-state index is 13.0. The number of carbonyl (C=O) groups excluding carboxylic acids is 1. The van der Waals surface area contributed by atoms with E-state index >= 15 is 0 Å². The number of amides is 1. The van der Waals surface area contributed by atoms with E-state index in [4.69, 9.17) is 9.15 Å². The number of anilines is 1. The predicted octanol–water partition coefficient (Wildman–Crippen LogP) is 4.88. The van der Waals surface area contributed by atoms with Gasteiger partial charge in [0.25, 0.3) is 0 Å². The molecule has 0 spiro atoms. The van der Waals surface area contributed by atoms with Crippen LogP contribution in [0.4, 0.5) is 5.69 Å². The van der Waals surface area contributed by atoms with Crippen molar-refractivity contribution in [1.82, 2.24) is 9.88 Å². The Morgan fingerprint density at radius 1 is 1.20 bits per heavy atom. The van der Waals surface area contributed by atoms with Crippen molar-refractivity contribution in [2.75, 3.05) is 18.4 Å². The third kappa shape index (κ3) is 5.07. The normalized spacial score (nSPS) is 16.9. The monoisotopic (exact) mass is 405 g/mol. The van der Waals surface area contributed by atoms with Gasteiger partial charge in [-0.15, -0.1) is 0 Å². The second kappa shape index (κ2) is 9.59. The van der Waals surface area contributed by atoms with Crippen LogP contribution in [0, 0.1) is 5.92 Å². The number of pyridine rings is 1. The molecular formula is C24H27N3O3. The molecule has 0 aliphatic carbocycles. The number of furan rings is 1. The molecule has 6 heteroatoms. The Bertz CT molecular complexity index is 971. The molecule has 156 valence electrons. The second-order valence-corrected chi connectivity index (χ2v) is 7.57. The van der Waals surface area contributed by atoms with Crippen molar-refractivity contribution in [3.63, 3.8) is 0 Å². The molecule has 1 fully saturated rings. The fraction of sp³-hybridized carbons (Fsp3) is 0.333. The van der Waals surface area contributed by atoms with Gasteiger partial charge in [-0.2, -0.15) is 0 Å². The van der Waals surface area contributed by atoms with Gasteiger partial charge in [-0.05, 0) is 55.8 Å². The smallest absolute Gasteiger partial charge is 0.228 e. The van der Waals surface area contributed by atoms with E-state index in [0.717, 1.165) is 50.4 Å². The molecule has 3 heterocycles. The number of aromatic nitrogens is 1. The lowest BCUT2D eigenvalue weighted by Gasteiger charge is -2.31. The number of para-hydroxylation sites is 2. The van der Waals surface area contributed by atoms with Gasteiger partial charge >= 0.3 is 0 Å². The number of piperidine rings is 1. The van der Waals surface area contributed by atoms with Crippen LogP contribution in [-0.2, 0) is 17.8 Å². The van der Waals surface area contributed by atoms with Crippen LogP contribution in [0.1, 0.15) is 31.3 Å². The van der Waals surface area contributed by atoms with Gasteiger partial charge in [0, 0.05) is 19.2 Å². The summed E-state index contributed by atoms with van der Waals surface area (Å²) < 4.78 is 11.7. The second-order valence-electron chi connectivity index (χ2n) is 7.57. The molecule has 6 nitrogen and oxygen atoms in total. The van der Waals surface area contributed by atoms with E-state index in [1.54, 1.807) is 12.4 Å². The fourth-order valence-electron chi connectivity index (χ4n) is 3.76. The first-order valence-corrected chi connectivity index (χ1v) is 10.5. The molecule has 4 rings (SSSR count). The van der Waals surface area contributed by atoms with Crippen LogP contribution in [0.25, 0.3) is 0 Å². The van der Waals surface area contributed by atoms with Crippen molar-refractivity contribution >= 4 is 11.6 Å². The van der Waals surface area contributed by atoms with E-state index in [-0.39, 0.29) is 11.8 Å². The molecule has 0 saturated carbocycles. The average molecular weight is 405 g/mol. The Morgan fingerprint density at radius 2 is 2.07 bits per heavy atom. The lowest BCUT2D eigenvalue weighted by atomic mass is 9.97. The molecule has 1 aliphatic heterocycles. The molecular weight excluding hydrogens is 378 g/mol. The minimum absolute atomic E-state index is 0.0237. The SMILES string of the molecule is CCc1ccc(CN2CCC[C@@H](C(=O)Nc3ccccc3Oc3cccnc3)C2)o1. The summed E-state index contributed by atoms with van der Waals surface area (Å²) in [5.41, 5.74) is 0.669. The summed E-state index contributed by atoms with van der Waals surface area (Å²) in [7, 11) is 0. The zero-order valence-electron chi connectivity index (χ0n) is 17.2. The van der Waals surface area contributed by atoms with Crippen molar-refractivity contribution in [2.24, 2.45) is 5.92 Å². The first-order chi connectivity index (χ1) is 14.7. The van der Waals surface area contributed by atoms with E-state index in [1.807, 2.05) is 48.5 Å². The molecule has 0 bridgehead atoms. The van der Waals surface area contributed by atoms with Crippen LogP contribution in [0.5, 0.6) is 11.5 Å². The van der Waals surface area contributed by atoms with Crippen molar-refractivity contribution in [1.29, 1.82) is 0 Å². The summed E-state index contributed by atoms with van der Waals surface area (Å²) in [6.07, 6.45) is 6.11. The number of nitrogens with zero attached hydrogens (tertiary/aromatic N) is 2. The van der Waals surface area contributed by atoms with Gasteiger partial charge in [-0.25, -0.2) is 0 Å². The van der Waals surface area contributed by atoms with Gasteiger partial charge in [-0.3, -0.25) is 14.7 Å². The first kappa shape index (κ1) is 20.2. The molecule has 1 atom stereocenters. The van der Waals surface area contributed by atoms with Crippen LogP contribution in [0.2, 0.25) is 0 Å². The minimum Gasteiger partial charge on any atom is -0.465 e. The highest BCUT2D eigenvalue weighted by atomic mass is 16.5. The number of hydrogen-bond acceptors (Lipinski definition) is 5. The van der Waals surface area contributed by atoms with Gasteiger partial charge in [0.05, 0.1) is 24.3 Å². The molecule has 0 radical (unpaired) electrons.